The van der Waals surface area contributed by atoms with Crippen LogP contribution < -0.4 is 9.62 Å². The number of rotatable bonds is 5. The van der Waals surface area contributed by atoms with Crippen molar-refractivity contribution in [2.75, 3.05) is 16.6 Å². The number of fused-ring (bicyclic) bond motifs is 1. The Morgan fingerprint density at radius 1 is 1.52 bits per heavy atom. The summed E-state index contributed by atoms with van der Waals surface area (Å²) in [4.78, 5) is 11.9. The molecule has 1 heterocycles. The van der Waals surface area contributed by atoms with E-state index in [2.05, 4.69) is 11.9 Å². The van der Waals surface area contributed by atoms with E-state index in [1.165, 1.54) is 4.31 Å². The summed E-state index contributed by atoms with van der Waals surface area (Å²) in [6.07, 6.45) is 2.24. The second-order valence-corrected chi connectivity index (χ2v) is 7.23. The minimum atomic E-state index is -3.29. The van der Waals surface area contributed by atoms with Crippen LogP contribution in [0.25, 0.3) is 0 Å². The van der Waals surface area contributed by atoms with E-state index in [-0.39, 0.29) is 17.7 Å². The first-order chi connectivity index (χ1) is 9.90. The van der Waals surface area contributed by atoms with Gasteiger partial charge in [-0.05, 0) is 44.0 Å². The Balaban J connectivity index is 2.34. The topological polar surface area (TPSA) is 66.5 Å². The van der Waals surface area contributed by atoms with E-state index in [1.54, 1.807) is 31.2 Å². The molecule has 0 spiro atoms. The van der Waals surface area contributed by atoms with Crippen molar-refractivity contribution in [3.05, 3.63) is 42.0 Å². The third-order valence-electron chi connectivity index (χ3n) is 3.57. The average molecular weight is 308 g/mol. The number of amides is 1. The Morgan fingerprint density at radius 3 is 2.86 bits per heavy atom. The third kappa shape index (κ3) is 2.95. The highest BCUT2D eigenvalue weighted by Crippen LogP contribution is 2.35. The van der Waals surface area contributed by atoms with E-state index in [4.69, 9.17) is 0 Å². The number of hydrogen-bond acceptors (Lipinski definition) is 3. The maximum absolute atomic E-state index is 12.2. The molecule has 114 valence electrons. The van der Waals surface area contributed by atoms with Crippen LogP contribution in [0.15, 0.2) is 30.9 Å². The van der Waals surface area contributed by atoms with Crippen molar-refractivity contribution in [3.63, 3.8) is 0 Å². The van der Waals surface area contributed by atoms with Crippen LogP contribution >= 0.6 is 0 Å². The van der Waals surface area contributed by atoms with Gasteiger partial charge in [-0.15, -0.1) is 6.58 Å². The largest absolute Gasteiger partial charge is 0.349 e. The van der Waals surface area contributed by atoms with Gasteiger partial charge in [0.05, 0.1) is 11.4 Å². The van der Waals surface area contributed by atoms with Gasteiger partial charge in [0.15, 0.2) is 0 Å². The molecule has 1 aliphatic rings. The lowest BCUT2D eigenvalue weighted by molar-refractivity contribution is 0.0958. The molecule has 6 heteroatoms. The highest BCUT2D eigenvalue weighted by Gasteiger charge is 2.34. The molecule has 21 heavy (non-hydrogen) atoms. The number of nitrogens with zero attached hydrogens (tertiary/aromatic N) is 1. The van der Waals surface area contributed by atoms with Crippen LogP contribution in [0.2, 0.25) is 0 Å². The van der Waals surface area contributed by atoms with Crippen LogP contribution in [0.5, 0.6) is 0 Å². The number of hydrogen-bond donors (Lipinski definition) is 1. The van der Waals surface area contributed by atoms with E-state index in [0.29, 0.717) is 24.2 Å². The maximum atomic E-state index is 12.2. The molecule has 0 radical (unpaired) electrons. The smallest absolute Gasteiger partial charge is 0.251 e. The van der Waals surface area contributed by atoms with E-state index >= 15 is 0 Å². The summed E-state index contributed by atoms with van der Waals surface area (Å²) in [5, 5.41) is 2.71. The van der Waals surface area contributed by atoms with E-state index in [1.807, 2.05) is 6.92 Å². The fourth-order valence-electron chi connectivity index (χ4n) is 2.57. The van der Waals surface area contributed by atoms with Gasteiger partial charge in [-0.3, -0.25) is 9.10 Å². The highest BCUT2D eigenvalue weighted by atomic mass is 32.2. The number of sulfonamides is 1. The summed E-state index contributed by atoms with van der Waals surface area (Å²) in [6.45, 7) is 7.47. The number of nitrogens with one attached hydrogen (secondary N) is 1. The van der Waals surface area contributed by atoms with Crippen LogP contribution in [-0.2, 0) is 16.4 Å². The van der Waals surface area contributed by atoms with Crippen molar-refractivity contribution in [2.24, 2.45) is 0 Å². The fraction of sp³-hybridized carbons (Fsp3) is 0.400. The number of anilines is 1. The van der Waals surface area contributed by atoms with Gasteiger partial charge < -0.3 is 5.32 Å². The van der Waals surface area contributed by atoms with Crippen molar-refractivity contribution in [1.29, 1.82) is 0 Å². The molecule has 1 aromatic rings. The first-order valence-electron chi connectivity index (χ1n) is 6.94. The van der Waals surface area contributed by atoms with Crippen LogP contribution in [0.1, 0.15) is 29.8 Å². The van der Waals surface area contributed by atoms with Crippen molar-refractivity contribution in [2.45, 2.75) is 26.3 Å². The van der Waals surface area contributed by atoms with Gasteiger partial charge in [0, 0.05) is 18.2 Å². The molecule has 1 amide bonds. The standard InChI is InChI=1S/C15H20N2O3S/c1-4-8-16-15(18)12-6-7-14-13(10-12)9-11(3)17(14)21(19,20)5-2/h4,6-7,10-11H,1,5,8-9H2,2-3H3,(H,16,18)/t11-/m0/s1. The Bertz CT molecular complexity index is 667. The summed E-state index contributed by atoms with van der Waals surface area (Å²) >= 11 is 0. The van der Waals surface area contributed by atoms with Crippen molar-refractivity contribution < 1.29 is 13.2 Å². The van der Waals surface area contributed by atoms with E-state index in [9.17, 15) is 13.2 Å². The molecule has 5 nitrogen and oxygen atoms in total. The van der Waals surface area contributed by atoms with Crippen LogP contribution in [-0.4, -0.2) is 32.7 Å². The van der Waals surface area contributed by atoms with Gasteiger partial charge in [-0.25, -0.2) is 8.42 Å². The molecule has 1 aromatic carbocycles. The molecule has 1 aliphatic heterocycles. The first-order valence-corrected chi connectivity index (χ1v) is 8.55. The van der Waals surface area contributed by atoms with E-state index in [0.717, 1.165) is 5.56 Å². The summed E-state index contributed by atoms with van der Waals surface area (Å²) in [7, 11) is -3.29. The SMILES string of the molecule is C=CCNC(=O)c1ccc2c(c1)C[C@H](C)N2S(=O)(=O)CC. The zero-order chi connectivity index (χ0) is 15.6. The lowest BCUT2D eigenvalue weighted by atomic mass is 10.1. The molecular weight excluding hydrogens is 288 g/mol. The molecular formula is C15H20N2O3S. The number of carbonyl (C=O) groups is 1. The molecule has 1 atom stereocenters. The maximum Gasteiger partial charge on any atom is 0.251 e. The second kappa shape index (κ2) is 5.89. The Kier molecular flexibility index (Phi) is 4.37. The lowest BCUT2D eigenvalue weighted by Crippen LogP contribution is -2.36. The summed E-state index contributed by atoms with van der Waals surface area (Å²) in [6, 6.07) is 5.04. The number of benzene rings is 1. The molecule has 0 fully saturated rings. The van der Waals surface area contributed by atoms with Gasteiger partial charge >= 0.3 is 0 Å². The second-order valence-electron chi connectivity index (χ2n) is 5.09. The average Bonchev–Trinajstić information content (AvgIpc) is 2.80. The quantitative estimate of drug-likeness (QED) is 0.842. The zero-order valence-electron chi connectivity index (χ0n) is 12.3. The van der Waals surface area contributed by atoms with Gasteiger partial charge in [0.1, 0.15) is 0 Å². The molecule has 0 aromatic heterocycles. The predicted molar refractivity (Wildman–Crippen MR) is 84.1 cm³/mol. The fourth-order valence-corrected chi connectivity index (χ4v) is 3.95. The summed E-state index contributed by atoms with van der Waals surface area (Å²) in [5.41, 5.74) is 2.12. The predicted octanol–water partition coefficient (Wildman–Crippen LogP) is 1.70. The molecule has 2 rings (SSSR count). The van der Waals surface area contributed by atoms with Crippen LogP contribution in [0.3, 0.4) is 0 Å². The molecule has 0 bridgehead atoms. The van der Waals surface area contributed by atoms with Gasteiger partial charge in [0.25, 0.3) is 5.91 Å². The molecule has 0 unspecified atom stereocenters. The summed E-state index contributed by atoms with van der Waals surface area (Å²) < 4.78 is 25.8. The minimum absolute atomic E-state index is 0.0678. The first kappa shape index (κ1) is 15.6. The van der Waals surface area contributed by atoms with Crippen LogP contribution in [0.4, 0.5) is 5.69 Å². The van der Waals surface area contributed by atoms with Crippen molar-refractivity contribution >= 4 is 21.6 Å². The van der Waals surface area contributed by atoms with Crippen molar-refractivity contribution in [1.82, 2.24) is 5.32 Å². The Labute approximate surface area is 125 Å². The molecule has 0 saturated carbocycles. The van der Waals surface area contributed by atoms with Gasteiger partial charge in [0.2, 0.25) is 10.0 Å². The molecule has 0 aliphatic carbocycles. The number of carbonyl (C=O) groups excluding carboxylic acids is 1. The third-order valence-corrected chi connectivity index (χ3v) is 5.45. The van der Waals surface area contributed by atoms with Crippen LogP contribution in [0, 0.1) is 0 Å². The van der Waals surface area contributed by atoms with Crippen molar-refractivity contribution in [3.8, 4) is 0 Å². The van der Waals surface area contributed by atoms with E-state index < -0.39 is 10.0 Å². The Hall–Kier alpha value is -1.82. The summed E-state index contributed by atoms with van der Waals surface area (Å²) in [5.74, 6) is -0.111. The Morgan fingerprint density at radius 2 is 2.24 bits per heavy atom. The zero-order valence-corrected chi connectivity index (χ0v) is 13.1. The monoisotopic (exact) mass is 308 g/mol. The minimum Gasteiger partial charge on any atom is -0.349 e. The lowest BCUT2D eigenvalue weighted by Gasteiger charge is -2.23. The van der Waals surface area contributed by atoms with Gasteiger partial charge in [-0.2, -0.15) is 0 Å². The molecule has 1 N–H and O–H groups in total. The highest BCUT2D eigenvalue weighted by molar-refractivity contribution is 7.92. The normalized spacial score (nSPS) is 17.4. The van der Waals surface area contributed by atoms with Gasteiger partial charge in [-0.1, -0.05) is 6.08 Å². The molecule has 0 saturated heterocycles.